The van der Waals surface area contributed by atoms with Gasteiger partial charge in [-0.1, -0.05) is 12.1 Å². The Morgan fingerprint density at radius 3 is 2.45 bits per heavy atom. The van der Waals surface area contributed by atoms with E-state index < -0.39 is 5.97 Å². The van der Waals surface area contributed by atoms with Crippen molar-refractivity contribution in [2.45, 2.75) is 39.5 Å². The minimum Gasteiger partial charge on any atom is -0.462 e. The maximum Gasteiger partial charge on any atom is 0.341 e. The Labute approximate surface area is 198 Å². The fraction of sp³-hybridized carbons (Fsp3) is 0.458. The number of ether oxygens (including phenoxy) is 1. The second-order valence-electron chi connectivity index (χ2n) is 7.97. The molecule has 2 heterocycles. The van der Waals surface area contributed by atoms with Gasteiger partial charge in [-0.3, -0.25) is 10.1 Å². The van der Waals surface area contributed by atoms with E-state index in [2.05, 4.69) is 20.9 Å². The number of thiophene rings is 1. The van der Waals surface area contributed by atoms with Crippen molar-refractivity contribution in [1.82, 2.24) is 10.2 Å². The summed E-state index contributed by atoms with van der Waals surface area (Å²) in [5.41, 5.74) is 2.47. The summed E-state index contributed by atoms with van der Waals surface area (Å²) in [6, 6.07) is 6.84. The first-order valence-electron chi connectivity index (χ1n) is 11.4. The van der Waals surface area contributed by atoms with Crippen LogP contribution in [0.1, 0.15) is 49.9 Å². The zero-order valence-corrected chi connectivity index (χ0v) is 20.1. The molecule has 1 fully saturated rings. The lowest BCUT2D eigenvalue weighted by Gasteiger charge is -2.14. The van der Waals surface area contributed by atoms with E-state index in [1.54, 1.807) is 19.1 Å². The molecule has 0 radical (unpaired) electrons. The number of hydrogen-bond donors (Lipinski definition) is 3. The number of urea groups is 1. The Morgan fingerprint density at radius 1 is 1.06 bits per heavy atom. The molecule has 8 nitrogen and oxygen atoms in total. The van der Waals surface area contributed by atoms with Gasteiger partial charge in [-0.15, -0.1) is 11.3 Å². The third-order valence-corrected chi connectivity index (χ3v) is 6.29. The van der Waals surface area contributed by atoms with E-state index in [0.717, 1.165) is 24.9 Å². The third kappa shape index (κ3) is 7.30. The van der Waals surface area contributed by atoms with Gasteiger partial charge in [0.1, 0.15) is 10.6 Å². The lowest BCUT2D eigenvalue weighted by molar-refractivity contribution is -0.114. The fourth-order valence-corrected chi connectivity index (χ4v) is 4.77. The molecule has 0 unspecified atom stereocenters. The first-order chi connectivity index (χ1) is 16.0. The number of hydrogen-bond acceptors (Lipinski definition) is 6. The van der Waals surface area contributed by atoms with Gasteiger partial charge in [0.05, 0.1) is 6.61 Å². The molecule has 178 valence electrons. The minimum atomic E-state index is -0.486. The van der Waals surface area contributed by atoms with Gasteiger partial charge in [0.25, 0.3) is 0 Å². The number of rotatable bonds is 10. The second-order valence-corrected chi connectivity index (χ2v) is 8.85. The zero-order valence-electron chi connectivity index (χ0n) is 19.2. The zero-order chi connectivity index (χ0) is 23.6. The molecule has 3 amide bonds. The summed E-state index contributed by atoms with van der Waals surface area (Å²) >= 11 is 1.28. The molecule has 1 aromatic carbocycles. The van der Waals surface area contributed by atoms with Crippen LogP contribution in [0, 0.1) is 0 Å². The molecule has 33 heavy (non-hydrogen) atoms. The van der Waals surface area contributed by atoms with Crippen molar-refractivity contribution in [3.63, 3.8) is 0 Å². The van der Waals surface area contributed by atoms with Gasteiger partial charge in [0, 0.05) is 30.1 Å². The van der Waals surface area contributed by atoms with Crippen LogP contribution in [0.5, 0.6) is 0 Å². The summed E-state index contributed by atoms with van der Waals surface area (Å²) in [6.07, 6.45) is 4.52. The van der Waals surface area contributed by atoms with Crippen LogP contribution >= 0.6 is 11.3 Å². The molecular weight excluding hydrogens is 440 g/mol. The van der Waals surface area contributed by atoms with Gasteiger partial charge >= 0.3 is 12.0 Å². The molecule has 0 spiro atoms. The molecule has 1 aromatic heterocycles. The molecule has 0 saturated carbocycles. The Hall–Kier alpha value is -2.91. The molecule has 1 aliphatic rings. The Bertz CT molecular complexity index is 952. The van der Waals surface area contributed by atoms with E-state index in [9.17, 15) is 14.4 Å². The molecule has 2 aromatic rings. The maximum atomic E-state index is 12.7. The van der Waals surface area contributed by atoms with E-state index in [1.165, 1.54) is 44.2 Å². The van der Waals surface area contributed by atoms with Gasteiger partial charge < -0.3 is 20.3 Å². The third-order valence-electron chi connectivity index (χ3n) is 5.40. The lowest BCUT2D eigenvalue weighted by atomic mass is 10.0. The molecule has 1 saturated heterocycles. The number of esters is 1. The van der Waals surface area contributed by atoms with Crippen LogP contribution in [0.3, 0.4) is 0 Å². The first kappa shape index (κ1) is 24.7. The number of carbonyl (C=O) groups is 3. The number of carbonyl (C=O) groups excluding carboxylic acids is 3. The average Bonchev–Trinajstić information content (AvgIpc) is 3.44. The van der Waals surface area contributed by atoms with E-state index in [0.29, 0.717) is 28.4 Å². The molecule has 0 aliphatic carbocycles. The summed E-state index contributed by atoms with van der Waals surface area (Å²) in [7, 11) is 0. The van der Waals surface area contributed by atoms with Gasteiger partial charge in [0.2, 0.25) is 5.91 Å². The average molecular weight is 473 g/mol. The highest BCUT2D eigenvalue weighted by molar-refractivity contribution is 7.15. The first-order valence-corrected chi connectivity index (χ1v) is 12.3. The van der Waals surface area contributed by atoms with Crippen LogP contribution in [0.15, 0.2) is 29.6 Å². The van der Waals surface area contributed by atoms with Crippen molar-refractivity contribution in [2.75, 3.05) is 43.4 Å². The van der Waals surface area contributed by atoms with E-state index in [-0.39, 0.29) is 18.5 Å². The Kier molecular flexibility index (Phi) is 9.26. The number of anilines is 2. The predicted molar refractivity (Wildman–Crippen MR) is 132 cm³/mol. The summed E-state index contributed by atoms with van der Waals surface area (Å²) in [4.78, 5) is 38.8. The molecule has 1 aliphatic heterocycles. The highest BCUT2D eigenvalue weighted by atomic mass is 32.1. The molecular formula is C24H32N4O4S. The van der Waals surface area contributed by atoms with Crippen molar-refractivity contribution in [2.24, 2.45) is 0 Å². The molecule has 9 heteroatoms. The number of unbranched alkanes of at least 4 members (excludes halogenated alkanes) is 1. The van der Waals surface area contributed by atoms with Crippen LogP contribution in [-0.4, -0.2) is 55.6 Å². The van der Waals surface area contributed by atoms with Gasteiger partial charge in [-0.2, -0.15) is 0 Å². The van der Waals surface area contributed by atoms with E-state index >= 15 is 0 Å². The van der Waals surface area contributed by atoms with Crippen molar-refractivity contribution < 1.29 is 19.1 Å². The van der Waals surface area contributed by atoms with Crippen LogP contribution in [0.2, 0.25) is 0 Å². The topological polar surface area (TPSA) is 99.8 Å². The number of benzene rings is 1. The number of nitrogens with one attached hydrogen (secondary N) is 3. The molecule has 0 bridgehead atoms. The number of amides is 3. The molecule has 3 rings (SSSR count). The highest BCUT2D eigenvalue weighted by Gasteiger charge is 2.23. The van der Waals surface area contributed by atoms with Crippen molar-refractivity contribution in [1.29, 1.82) is 0 Å². The fourth-order valence-electron chi connectivity index (χ4n) is 3.82. The smallest absolute Gasteiger partial charge is 0.341 e. The van der Waals surface area contributed by atoms with Gasteiger partial charge in [-0.05, 0) is 69.9 Å². The lowest BCUT2D eigenvalue weighted by Crippen LogP contribution is -2.30. The quantitative estimate of drug-likeness (QED) is 0.348. The minimum absolute atomic E-state index is 0.154. The van der Waals surface area contributed by atoms with Crippen molar-refractivity contribution in [3.05, 3.63) is 35.2 Å². The number of likely N-dealkylation sites (tertiary alicyclic amines) is 1. The highest BCUT2D eigenvalue weighted by Crippen LogP contribution is 2.36. The van der Waals surface area contributed by atoms with Crippen LogP contribution in [-0.2, 0) is 9.53 Å². The number of nitrogens with zero attached hydrogens (tertiary/aromatic N) is 1. The Morgan fingerprint density at radius 2 is 1.79 bits per heavy atom. The van der Waals surface area contributed by atoms with Crippen LogP contribution in [0.25, 0.3) is 11.1 Å². The second kappa shape index (κ2) is 12.4. The van der Waals surface area contributed by atoms with Crippen molar-refractivity contribution in [3.8, 4) is 11.1 Å². The van der Waals surface area contributed by atoms with Crippen molar-refractivity contribution >= 4 is 39.9 Å². The molecule has 3 N–H and O–H groups in total. The van der Waals surface area contributed by atoms with Gasteiger partial charge in [-0.25, -0.2) is 9.59 Å². The largest absolute Gasteiger partial charge is 0.462 e. The SMILES string of the molecule is CCOC(=O)c1c(-c2ccc(NC(C)=O)cc2)csc1NC(=O)NCCCCN1CCCC1. The van der Waals surface area contributed by atoms with E-state index in [4.69, 9.17) is 4.74 Å². The van der Waals surface area contributed by atoms with Gasteiger partial charge in [0.15, 0.2) is 0 Å². The standard InChI is InChI=1S/C24H32N4O4S/c1-3-32-23(30)21-20(18-8-10-19(11-9-18)26-17(2)29)16-33-22(21)27-24(31)25-12-4-5-13-28-14-6-7-15-28/h8-11,16H,3-7,12-15H2,1-2H3,(H,26,29)(H2,25,27,31). The summed E-state index contributed by atoms with van der Waals surface area (Å²) in [5.74, 6) is -0.639. The summed E-state index contributed by atoms with van der Waals surface area (Å²) < 4.78 is 5.24. The maximum absolute atomic E-state index is 12.7. The molecule has 0 atom stereocenters. The monoisotopic (exact) mass is 472 g/mol. The normalized spacial score (nSPS) is 13.5. The summed E-state index contributed by atoms with van der Waals surface area (Å²) in [6.45, 7) is 7.44. The Balaban J connectivity index is 1.62. The van der Waals surface area contributed by atoms with Crippen LogP contribution in [0.4, 0.5) is 15.5 Å². The van der Waals surface area contributed by atoms with Crippen LogP contribution < -0.4 is 16.0 Å². The van der Waals surface area contributed by atoms with E-state index in [1.807, 2.05) is 17.5 Å². The predicted octanol–water partition coefficient (Wildman–Crippen LogP) is 4.55. The summed E-state index contributed by atoms with van der Waals surface area (Å²) in [5, 5.41) is 10.7.